The van der Waals surface area contributed by atoms with Gasteiger partial charge in [-0.1, -0.05) is 19.8 Å². The molecule has 4 rings (SSSR count). The van der Waals surface area contributed by atoms with Crippen LogP contribution in [0.4, 0.5) is 0 Å². The number of carbonyl (C=O) groups excluding carboxylic acids is 4. The van der Waals surface area contributed by atoms with Crippen molar-refractivity contribution in [1.82, 2.24) is 0 Å². The number of methoxy groups -OCH3 is 2. The second-order valence-electron chi connectivity index (χ2n) is 7.50. The van der Waals surface area contributed by atoms with Gasteiger partial charge in [-0.05, 0) is 24.7 Å². The number of unbranched alkanes of at least 4 members (excludes halogenated alkanes) is 1. The molecule has 0 N–H and O–H groups in total. The van der Waals surface area contributed by atoms with Crippen molar-refractivity contribution in [2.24, 2.45) is 23.7 Å². The second-order valence-corrected chi connectivity index (χ2v) is 7.50. The third-order valence-electron chi connectivity index (χ3n) is 6.12. The zero-order chi connectivity index (χ0) is 20.6. The highest BCUT2D eigenvalue weighted by molar-refractivity contribution is 6.11. The van der Waals surface area contributed by atoms with Gasteiger partial charge in [-0.15, -0.1) is 0 Å². The lowest BCUT2D eigenvalue weighted by molar-refractivity contribution is -0.283. The van der Waals surface area contributed by atoms with Gasteiger partial charge in [0, 0.05) is 6.92 Å². The molecule has 1 aliphatic heterocycles. The number of hydrogen-bond acceptors (Lipinski definition) is 8. The Morgan fingerprint density at radius 1 is 1.14 bits per heavy atom. The first-order valence-electron chi connectivity index (χ1n) is 9.62. The number of rotatable bonds is 6. The Kier molecular flexibility index (Phi) is 5.61. The van der Waals surface area contributed by atoms with Crippen molar-refractivity contribution < 1.29 is 38.1 Å². The van der Waals surface area contributed by atoms with Gasteiger partial charge in [0.15, 0.2) is 0 Å². The summed E-state index contributed by atoms with van der Waals surface area (Å²) in [6.07, 6.45) is 3.13. The van der Waals surface area contributed by atoms with Crippen LogP contribution in [0.1, 0.15) is 39.5 Å². The van der Waals surface area contributed by atoms with Crippen LogP contribution in [-0.2, 0) is 38.1 Å². The minimum Gasteiger partial charge on any atom is -0.466 e. The lowest BCUT2D eigenvalue weighted by Crippen LogP contribution is -2.69. The minimum atomic E-state index is -1.89. The van der Waals surface area contributed by atoms with E-state index >= 15 is 0 Å². The van der Waals surface area contributed by atoms with E-state index in [4.69, 9.17) is 18.9 Å². The smallest absolute Gasteiger partial charge is 0.335 e. The van der Waals surface area contributed by atoms with Crippen molar-refractivity contribution >= 4 is 23.7 Å². The highest BCUT2D eigenvalue weighted by Crippen LogP contribution is 2.60. The van der Waals surface area contributed by atoms with E-state index in [1.165, 1.54) is 21.1 Å². The number of esters is 3. The Morgan fingerprint density at radius 3 is 2.36 bits per heavy atom. The zero-order valence-electron chi connectivity index (χ0n) is 16.6. The number of ketones is 1. The maximum absolute atomic E-state index is 13.5. The fourth-order valence-electron chi connectivity index (χ4n) is 5.18. The summed E-state index contributed by atoms with van der Waals surface area (Å²) in [4.78, 5) is 50.6. The van der Waals surface area contributed by atoms with Gasteiger partial charge < -0.3 is 18.9 Å². The molecule has 0 aromatic carbocycles. The molecule has 3 aliphatic carbocycles. The minimum absolute atomic E-state index is 0.0231. The highest BCUT2D eigenvalue weighted by atomic mass is 16.7. The predicted octanol–water partition coefficient (Wildman–Crippen LogP) is 1.56. The summed E-state index contributed by atoms with van der Waals surface area (Å²) in [5.74, 6) is -6.62. The first-order chi connectivity index (χ1) is 13.3. The largest absolute Gasteiger partial charge is 0.466 e. The SMILES string of the molecule is CCCCC1C2C(=O)C3(OC(C)=O)OCCC1C3C(C(=O)OC)=C2C(=O)OC. The molecular formula is C20H26O8. The van der Waals surface area contributed by atoms with Crippen LogP contribution in [0.2, 0.25) is 0 Å². The second kappa shape index (κ2) is 7.66. The molecule has 4 aliphatic rings. The standard InChI is InChI=1S/C20H26O8/c1-5-6-7-11-12-8-9-27-20(28-10(2)21)16(12)15(19(24)26-4)14(18(23)25-3)13(11)17(20)22/h11-13,16H,5-9H2,1-4H3. The van der Waals surface area contributed by atoms with Crippen LogP contribution in [0.15, 0.2) is 11.1 Å². The van der Waals surface area contributed by atoms with E-state index in [9.17, 15) is 19.2 Å². The maximum atomic E-state index is 13.5. The van der Waals surface area contributed by atoms with Crippen molar-refractivity contribution in [3.8, 4) is 0 Å². The number of ether oxygens (including phenoxy) is 4. The molecule has 8 heteroatoms. The summed E-state index contributed by atoms with van der Waals surface area (Å²) in [6.45, 7) is 3.47. The summed E-state index contributed by atoms with van der Waals surface area (Å²) in [5, 5.41) is 0. The summed E-state index contributed by atoms with van der Waals surface area (Å²) < 4.78 is 21.0. The average molecular weight is 394 g/mol. The zero-order valence-corrected chi connectivity index (χ0v) is 16.6. The summed E-state index contributed by atoms with van der Waals surface area (Å²) >= 11 is 0. The molecule has 28 heavy (non-hydrogen) atoms. The van der Waals surface area contributed by atoms with Crippen molar-refractivity contribution in [3.63, 3.8) is 0 Å². The topological polar surface area (TPSA) is 105 Å². The normalized spacial score (nSPS) is 33.5. The molecule has 0 radical (unpaired) electrons. The van der Waals surface area contributed by atoms with Gasteiger partial charge in [0.25, 0.3) is 5.79 Å². The molecule has 0 spiro atoms. The molecule has 1 saturated carbocycles. The molecule has 2 fully saturated rings. The molecule has 4 bridgehead atoms. The summed E-state index contributed by atoms with van der Waals surface area (Å²) in [5.41, 5.74) is 0.0626. The van der Waals surface area contributed by atoms with Crippen molar-refractivity contribution in [3.05, 3.63) is 11.1 Å². The average Bonchev–Trinajstić information content (AvgIpc) is 2.68. The van der Waals surface area contributed by atoms with Crippen LogP contribution >= 0.6 is 0 Å². The van der Waals surface area contributed by atoms with E-state index in [0.717, 1.165) is 19.3 Å². The number of hydrogen-bond donors (Lipinski definition) is 0. The molecule has 0 amide bonds. The third-order valence-corrected chi connectivity index (χ3v) is 6.12. The van der Waals surface area contributed by atoms with Crippen molar-refractivity contribution in [1.29, 1.82) is 0 Å². The van der Waals surface area contributed by atoms with Crippen LogP contribution < -0.4 is 0 Å². The fraction of sp³-hybridized carbons (Fsp3) is 0.700. The molecule has 0 aromatic heterocycles. The Morgan fingerprint density at radius 2 is 1.79 bits per heavy atom. The van der Waals surface area contributed by atoms with Crippen LogP contribution in [0, 0.1) is 23.7 Å². The Hall–Kier alpha value is -2.22. The first-order valence-corrected chi connectivity index (χ1v) is 9.62. The summed E-state index contributed by atoms with van der Waals surface area (Å²) in [7, 11) is 2.41. The van der Waals surface area contributed by atoms with E-state index in [-0.39, 0.29) is 29.6 Å². The van der Waals surface area contributed by atoms with Crippen molar-refractivity contribution in [2.75, 3.05) is 20.8 Å². The maximum Gasteiger partial charge on any atom is 0.335 e. The molecule has 8 nitrogen and oxygen atoms in total. The Labute approximate surface area is 163 Å². The van der Waals surface area contributed by atoms with Gasteiger partial charge in [-0.3, -0.25) is 9.59 Å². The van der Waals surface area contributed by atoms with E-state index in [0.29, 0.717) is 6.42 Å². The van der Waals surface area contributed by atoms with Gasteiger partial charge in [0.05, 0.1) is 43.8 Å². The Balaban J connectivity index is 2.25. The molecule has 1 heterocycles. The fourth-order valence-corrected chi connectivity index (χ4v) is 5.18. The predicted molar refractivity (Wildman–Crippen MR) is 94.6 cm³/mol. The van der Waals surface area contributed by atoms with E-state index in [2.05, 4.69) is 0 Å². The number of Topliss-reactive ketones (excluding diaryl/α,β-unsaturated/α-hetero) is 1. The van der Waals surface area contributed by atoms with Gasteiger partial charge in [-0.2, -0.15) is 0 Å². The lowest BCUT2D eigenvalue weighted by atomic mass is 9.50. The quantitative estimate of drug-likeness (QED) is 0.494. The third kappa shape index (κ3) is 2.85. The van der Waals surface area contributed by atoms with Gasteiger partial charge in [-0.25, -0.2) is 9.59 Å². The van der Waals surface area contributed by atoms with Crippen LogP contribution in [0.5, 0.6) is 0 Å². The molecule has 0 aromatic rings. The molecule has 154 valence electrons. The lowest BCUT2D eigenvalue weighted by Gasteiger charge is -2.58. The van der Waals surface area contributed by atoms with Crippen LogP contribution in [-0.4, -0.2) is 50.3 Å². The van der Waals surface area contributed by atoms with E-state index < -0.39 is 41.3 Å². The first kappa shape index (κ1) is 20.5. The summed E-state index contributed by atoms with van der Waals surface area (Å²) in [6, 6.07) is 0. The Bertz CT molecular complexity index is 738. The molecule has 5 unspecified atom stereocenters. The van der Waals surface area contributed by atoms with Gasteiger partial charge in [0.2, 0.25) is 5.78 Å². The molecular weight excluding hydrogens is 368 g/mol. The van der Waals surface area contributed by atoms with Crippen LogP contribution in [0.3, 0.4) is 0 Å². The highest BCUT2D eigenvalue weighted by Gasteiger charge is 2.71. The van der Waals surface area contributed by atoms with Gasteiger partial charge in [0.1, 0.15) is 0 Å². The molecule has 5 atom stereocenters. The monoisotopic (exact) mass is 394 g/mol. The van der Waals surface area contributed by atoms with Crippen LogP contribution in [0.25, 0.3) is 0 Å². The number of carbonyl (C=O) groups is 4. The van der Waals surface area contributed by atoms with E-state index in [1.807, 2.05) is 6.92 Å². The van der Waals surface area contributed by atoms with Gasteiger partial charge >= 0.3 is 17.9 Å². The van der Waals surface area contributed by atoms with E-state index in [1.54, 1.807) is 0 Å². The molecule has 1 saturated heterocycles. The van der Waals surface area contributed by atoms with Crippen molar-refractivity contribution in [2.45, 2.75) is 45.3 Å².